The number of morpholine rings is 1. The molecule has 1 saturated heterocycles. The highest BCUT2D eigenvalue weighted by Crippen LogP contribution is 2.19. The Kier molecular flexibility index (Phi) is 5.85. The maximum Gasteiger partial charge on any atom is 0.243 e. The Morgan fingerprint density at radius 2 is 1.92 bits per heavy atom. The Bertz CT molecular complexity index is 797. The van der Waals surface area contributed by atoms with E-state index < -0.39 is 10.0 Å². The van der Waals surface area contributed by atoms with Crippen LogP contribution in [0, 0.1) is 6.92 Å². The summed E-state index contributed by atoms with van der Waals surface area (Å²) in [6.45, 7) is 6.35. The lowest BCUT2D eigenvalue weighted by Gasteiger charge is -2.25. The average Bonchev–Trinajstić information content (AvgIpc) is 3.03. The molecule has 0 saturated carbocycles. The maximum absolute atomic E-state index is 12.7. The van der Waals surface area contributed by atoms with Crippen LogP contribution in [0.5, 0.6) is 0 Å². The van der Waals surface area contributed by atoms with Gasteiger partial charge >= 0.3 is 0 Å². The van der Waals surface area contributed by atoms with Crippen molar-refractivity contribution >= 4 is 21.4 Å². The number of nitrogens with zero attached hydrogens (tertiary/aromatic N) is 3. The highest BCUT2D eigenvalue weighted by molar-refractivity contribution is 7.89. The summed E-state index contributed by atoms with van der Waals surface area (Å²) in [5.74, 6) is 0. The second-order valence-corrected chi connectivity index (χ2v) is 9.18. The van der Waals surface area contributed by atoms with Crippen LogP contribution in [0.25, 0.3) is 0 Å². The van der Waals surface area contributed by atoms with E-state index in [4.69, 9.17) is 4.74 Å². The normalized spacial score (nSPS) is 16.4. The summed E-state index contributed by atoms with van der Waals surface area (Å²) >= 11 is 1.58. The second kappa shape index (κ2) is 7.92. The first-order valence-corrected chi connectivity index (χ1v) is 10.5. The Labute approximate surface area is 153 Å². The lowest BCUT2D eigenvalue weighted by molar-refractivity contribution is 0.0341. The number of rotatable bonds is 6. The molecule has 0 amide bonds. The third-order valence-corrected chi connectivity index (χ3v) is 6.88. The van der Waals surface area contributed by atoms with Gasteiger partial charge in [0.15, 0.2) is 0 Å². The van der Waals surface area contributed by atoms with Gasteiger partial charge in [-0.05, 0) is 19.1 Å². The van der Waals surface area contributed by atoms with E-state index in [1.807, 2.05) is 24.4 Å². The molecule has 136 valence electrons. The molecule has 0 unspecified atom stereocenters. The van der Waals surface area contributed by atoms with Gasteiger partial charge in [0, 0.05) is 25.5 Å². The van der Waals surface area contributed by atoms with E-state index >= 15 is 0 Å². The van der Waals surface area contributed by atoms with E-state index in [0.717, 1.165) is 49.1 Å². The number of sulfonamides is 1. The molecule has 8 heteroatoms. The van der Waals surface area contributed by atoms with Crippen molar-refractivity contribution in [2.24, 2.45) is 0 Å². The number of aryl methyl sites for hydroxylation is 1. The van der Waals surface area contributed by atoms with Crippen molar-refractivity contribution < 1.29 is 13.2 Å². The Morgan fingerprint density at radius 3 is 2.60 bits per heavy atom. The van der Waals surface area contributed by atoms with Crippen molar-refractivity contribution in [3.63, 3.8) is 0 Å². The topological polar surface area (TPSA) is 62.7 Å². The fourth-order valence-corrected chi connectivity index (χ4v) is 4.62. The van der Waals surface area contributed by atoms with Crippen LogP contribution in [0.3, 0.4) is 0 Å². The summed E-state index contributed by atoms with van der Waals surface area (Å²) in [7, 11) is -1.91. The van der Waals surface area contributed by atoms with Crippen molar-refractivity contribution in [3.8, 4) is 0 Å². The van der Waals surface area contributed by atoms with Gasteiger partial charge < -0.3 is 4.74 Å². The number of benzene rings is 1. The summed E-state index contributed by atoms with van der Waals surface area (Å²) < 4.78 is 32.0. The van der Waals surface area contributed by atoms with E-state index in [0.29, 0.717) is 4.90 Å². The first kappa shape index (κ1) is 18.5. The molecule has 25 heavy (non-hydrogen) atoms. The standard InChI is InChI=1S/C17H23N3O3S2/c1-14-3-5-16(6-4-14)25(21,22)19(2)11-15-13-24-17(18-15)12-20-7-9-23-10-8-20/h3-6,13H,7-12H2,1-2H3. The highest BCUT2D eigenvalue weighted by atomic mass is 32.2. The summed E-state index contributed by atoms with van der Waals surface area (Å²) in [6.07, 6.45) is 0. The Balaban J connectivity index is 1.64. The van der Waals surface area contributed by atoms with Crippen molar-refractivity contribution in [1.82, 2.24) is 14.2 Å². The molecule has 0 N–H and O–H groups in total. The molecule has 6 nitrogen and oxygen atoms in total. The van der Waals surface area contributed by atoms with E-state index in [-0.39, 0.29) is 6.54 Å². The van der Waals surface area contributed by atoms with Gasteiger partial charge in [-0.25, -0.2) is 13.4 Å². The van der Waals surface area contributed by atoms with Gasteiger partial charge in [0.05, 0.1) is 36.9 Å². The molecule has 0 aliphatic carbocycles. The average molecular weight is 382 g/mol. The monoisotopic (exact) mass is 381 g/mol. The van der Waals surface area contributed by atoms with E-state index in [1.54, 1.807) is 30.5 Å². The van der Waals surface area contributed by atoms with E-state index in [2.05, 4.69) is 9.88 Å². The second-order valence-electron chi connectivity index (χ2n) is 6.20. The highest BCUT2D eigenvalue weighted by Gasteiger charge is 2.22. The zero-order valence-electron chi connectivity index (χ0n) is 14.5. The van der Waals surface area contributed by atoms with Crippen LogP contribution in [0.4, 0.5) is 0 Å². The van der Waals surface area contributed by atoms with Crippen molar-refractivity contribution in [3.05, 3.63) is 45.9 Å². The predicted octanol–water partition coefficient (Wildman–Crippen LogP) is 2.10. The molecule has 1 fully saturated rings. The molecule has 2 aromatic rings. The number of hydrogen-bond donors (Lipinski definition) is 0. The van der Waals surface area contributed by atoms with Crippen LogP contribution >= 0.6 is 11.3 Å². The van der Waals surface area contributed by atoms with Gasteiger partial charge in [0.1, 0.15) is 5.01 Å². The SMILES string of the molecule is Cc1ccc(S(=O)(=O)N(C)Cc2csc(CN3CCOCC3)n2)cc1. The van der Waals surface area contributed by atoms with Gasteiger partial charge in [0.25, 0.3) is 0 Å². The summed E-state index contributed by atoms with van der Waals surface area (Å²) in [6, 6.07) is 6.91. The molecule has 1 aliphatic rings. The predicted molar refractivity (Wildman–Crippen MR) is 98.0 cm³/mol. The number of ether oxygens (including phenoxy) is 1. The minimum absolute atomic E-state index is 0.274. The molecule has 0 bridgehead atoms. The third-order valence-electron chi connectivity index (χ3n) is 4.18. The zero-order chi connectivity index (χ0) is 17.9. The van der Waals surface area contributed by atoms with E-state index in [1.165, 1.54) is 4.31 Å². The van der Waals surface area contributed by atoms with Gasteiger partial charge in [-0.3, -0.25) is 4.90 Å². The quantitative estimate of drug-likeness (QED) is 0.767. The summed E-state index contributed by atoms with van der Waals surface area (Å²) in [5, 5.41) is 2.95. The third kappa shape index (κ3) is 4.65. The minimum atomic E-state index is -3.50. The lowest BCUT2D eigenvalue weighted by atomic mass is 10.2. The smallest absolute Gasteiger partial charge is 0.243 e. The lowest BCUT2D eigenvalue weighted by Crippen LogP contribution is -2.35. The van der Waals surface area contributed by atoms with Crippen LogP contribution in [-0.4, -0.2) is 56.0 Å². The molecule has 1 aromatic carbocycles. The summed E-state index contributed by atoms with van der Waals surface area (Å²) in [5.41, 5.74) is 1.82. The van der Waals surface area contributed by atoms with Gasteiger partial charge in [-0.2, -0.15) is 4.31 Å². The van der Waals surface area contributed by atoms with Crippen LogP contribution in [-0.2, 0) is 27.8 Å². The fourth-order valence-electron chi connectivity index (χ4n) is 2.65. The number of aromatic nitrogens is 1. The van der Waals surface area contributed by atoms with Crippen LogP contribution in [0.1, 0.15) is 16.3 Å². The minimum Gasteiger partial charge on any atom is -0.379 e. The first-order chi connectivity index (χ1) is 11.9. The molecular weight excluding hydrogens is 358 g/mol. The van der Waals surface area contributed by atoms with Crippen LogP contribution < -0.4 is 0 Å². The van der Waals surface area contributed by atoms with Crippen LogP contribution in [0.15, 0.2) is 34.5 Å². The molecule has 0 radical (unpaired) electrons. The Morgan fingerprint density at radius 1 is 1.24 bits per heavy atom. The van der Waals surface area contributed by atoms with Crippen molar-refractivity contribution in [1.29, 1.82) is 0 Å². The van der Waals surface area contributed by atoms with Gasteiger partial charge in [-0.15, -0.1) is 11.3 Å². The maximum atomic E-state index is 12.7. The number of hydrogen-bond acceptors (Lipinski definition) is 6. The first-order valence-electron chi connectivity index (χ1n) is 8.21. The number of thiazole rings is 1. The zero-order valence-corrected chi connectivity index (χ0v) is 16.1. The van der Waals surface area contributed by atoms with Crippen molar-refractivity contribution in [2.75, 3.05) is 33.4 Å². The molecule has 1 aromatic heterocycles. The van der Waals surface area contributed by atoms with E-state index in [9.17, 15) is 8.42 Å². The largest absolute Gasteiger partial charge is 0.379 e. The van der Waals surface area contributed by atoms with Gasteiger partial charge in [0.2, 0.25) is 10.0 Å². The van der Waals surface area contributed by atoms with Gasteiger partial charge in [-0.1, -0.05) is 17.7 Å². The molecule has 1 aliphatic heterocycles. The van der Waals surface area contributed by atoms with Crippen molar-refractivity contribution in [2.45, 2.75) is 24.9 Å². The molecule has 2 heterocycles. The Hall–Kier alpha value is -1.32. The molecule has 3 rings (SSSR count). The molecule has 0 atom stereocenters. The molecular formula is C17H23N3O3S2. The van der Waals surface area contributed by atoms with Crippen LogP contribution in [0.2, 0.25) is 0 Å². The summed E-state index contributed by atoms with van der Waals surface area (Å²) in [4.78, 5) is 7.21. The fraction of sp³-hybridized carbons (Fsp3) is 0.471. The molecule has 0 spiro atoms.